The Kier molecular flexibility index (Phi) is 6.26. The second kappa shape index (κ2) is 6.97. The lowest BCUT2D eigenvalue weighted by Gasteiger charge is -2.32. The van der Waals surface area contributed by atoms with Crippen molar-refractivity contribution in [1.29, 1.82) is 0 Å². The number of nitrogens with zero attached hydrogens (tertiary/aromatic N) is 1. The number of nitrogens with one attached hydrogen (secondary N) is 1. The first-order valence-corrected chi connectivity index (χ1v) is 9.22. The van der Waals surface area contributed by atoms with E-state index in [9.17, 15) is 8.42 Å². The monoisotopic (exact) mass is 280 g/mol. The molecule has 102 valence electrons. The summed E-state index contributed by atoms with van der Waals surface area (Å²) in [4.78, 5) is 0. The highest BCUT2D eigenvalue weighted by atomic mass is 32.2. The summed E-state index contributed by atoms with van der Waals surface area (Å²) >= 11 is 1.94. The minimum atomic E-state index is -2.99. The van der Waals surface area contributed by atoms with E-state index in [1.807, 2.05) is 11.8 Å². The summed E-state index contributed by atoms with van der Waals surface area (Å²) < 4.78 is 24.3. The van der Waals surface area contributed by atoms with Crippen molar-refractivity contribution in [2.75, 3.05) is 30.9 Å². The molecule has 0 bridgehead atoms. The molecule has 1 fully saturated rings. The number of piperidine rings is 1. The SMILES string of the molecule is CCSC[C@@H](C)NC1CCN(S(C)(=O)=O)CC1. The molecule has 1 atom stereocenters. The van der Waals surface area contributed by atoms with Crippen molar-refractivity contribution in [2.45, 2.75) is 38.8 Å². The lowest BCUT2D eigenvalue weighted by atomic mass is 10.1. The van der Waals surface area contributed by atoms with Gasteiger partial charge in [0.05, 0.1) is 6.26 Å². The van der Waals surface area contributed by atoms with Gasteiger partial charge in [-0.3, -0.25) is 0 Å². The summed E-state index contributed by atoms with van der Waals surface area (Å²) in [6.07, 6.45) is 3.14. The molecule has 0 spiro atoms. The summed E-state index contributed by atoms with van der Waals surface area (Å²) in [7, 11) is -2.99. The zero-order valence-electron chi connectivity index (χ0n) is 11.0. The zero-order valence-corrected chi connectivity index (χ0v) is 12.6. The van der Waals surface area contributed by atoms with E-state index in [4.69, 9.17) is 0 Å². The van der Waals surface area contributed by atoms with Crippen LogP contribution in [0.1, 0.15) is 26.7 Å². The molecule has 0 saturated carbocycles. The Morgan fingerprint density at radius 1 is 1.41 bits per heavy atom. The molecule has 0 radical (unpaired) electrons. The first-order valence-electron chi connectivity index (χ1n) is 6.22. The van der Waals surface area contributed by atoms with Crippen molar-refractivity contribution in [2.24, 2.45) is 0 Å². The molecule has 0 unspecified atom stereocenters. The summed E-state index contributed by atoms with van der Waals surface area (Å²) in [5.41, 5.74) is 0. The van der Waals surface area contributed by atoms with Gasteiger partial charge in [0.25, 0.3) is 0 Å². The van der Waals surface area contributed by atoms with Gasteiger partial charge in [0.15, 0.2) is 0 Å². The molecule has 1 aliphatic heterocycles. The van der Waals surface area contributed by atoms with Gasteiger partial charge in [0.1, 0.15) is 0 Å². The molecule has 1 aliphatic rings. The molecule has 0 aliphatic carbocycles. The second-order valence-electron chi connectivity index (χ2n) is 4.66. The van der Waals surface area contributed by atoms with Gasteiger partial charge < -0.3 is 5.32 Å². The van der Waals surface area contributed by atoms with Crippen LogP contribution < -0.4 is 5.32 Å². The molecule has 6 heteroatoms. The molecule has 1 N–H and O–H groups in total. The standard InChI is InChI=1S/C11H24N2O2S2/c1-4-16-9-10(2)12-11-5-7-13(8-6-11)17(3,14)15/h10-12H,4-9H2,1-3H3/t10-/m1/s1. The van der Waals surface area contributed by atoms with Crippen LogP contribution in [-0.2, 0) is 10.0 Å². The van der Waals surface area contributed by atoms with Gasteiger partial charge >= 0.3 is 0 Å². The lowest BCUT2D eigenvalue weighted by molar-refractivity contribution is 0.282. The molecular formula is C11H24N2O2S2. The molecule has 4 nitrogen and oxygen atoms in total. The Morgan fingerprint density at radius 3 is 2.47 bits per heavy atom. The Morgan fingerprint density at radius 2 is 2.00 bits per heavy atom. The second-order valence-corrected chi connectivity index (χ2v) is 7.96. The molecule has 0 aromatic rings. The largest absolute Gasteiger partial charge is 0.311 e. The van der Waals surface area contributed by atoms with Gasteiger partial charge in [-0.05, 0) is 25.5 Å². The van der Waals surface area contributed by atoms with Crippen LogP contribution in [0, 0.1) is 0 Å². The molecular weight excluding hydrogens is 256 g/mol. The Hall–Kier alpha value is 0.220. The van der Waals surface area contributed by atoms with E-state index in [1.54, 1.807) is 4.31 Å². The smallest absolute Gasteiger partial charge is 0.211 e. The number of sulfonamides is 1. The van der Waals surface area contributed by atoms with E-state index in [0.717, 1.165) is 24.3 Å². The third-order valence-electron chi connectivity index (χ3n) is 3.02. The third-order valence-corrected chi connectivity index (χ3v) is 5.46. The van der Waals surface area contributed by atoms with Crippen molar-refractivity contribution in [3.63, 3.8) is 0 Å². The topological polar surface area (TPSA) is 49.4 Å². The van der Waals surface area contributed by atoms with Crippen LogP contribution in [0.4, 0.5) is 0 Å². The fraction of sp³-hybridized carbons (Fsp3) is 1.00. The predicted octanol–water partition coefficient (Wildman–Crippen LogP) is 1.14. The van der Waals surface area contributed by atoms with E-state index in [1.165, 1.54) is 6.26 Å². The van der Waals surface area contributed by atoms with E-state index < -0.39 is 10.0 Å². The van der Waals surface area contributed by atoms with E-state index in [2.05, 4.69) is 19.2 Å². The first kappa shape index (κ1) is 15.3. The maximum Gasteiger partial charge on any atom is 0.211 e. The Bertz CT molecular complexity index is 311. The number of rotatable bonds is 6. The molecule has 1 saturated heterocycles. The zero-order chi connectivity index (χ0) is 12.9. The maximum atomic E-state index is 11.4. The van der Waals surface area contributed by atoms with Crippen LogP contribution in [0.15, 0.2) is 0 Å². The minimum Gasteiger partial charge on any atom is -0.311 e. The molecule has 1 heterocycles. The van der Waals surface area contributed by atoms with Crippen molar-refractivity contribution < 1.29 is 8.42 Å². The average Bonchev–Trinajstić information content (AvgIpc) is 2.26. The number of hydrogen-bond acceptors (Lipinski definition) is 4. The van der Waals surface area contributed by atoms with Crippen molar-refractivity contribution in [1.82, 2.24) is 9.62 Å². The van der Waals surface area contributed by atoms with Gasteiger partial charge in [-0.15, -0.1) is 0 Å². The van der Waals surface area contributed by atoms with E-state index in [-0.39, 0.29) is 0 Å². The molecule has 17 heavy (non-hydrogen) atoms. The van der Waals surface area contributed by atoms with Gasteiger partial charge in [0.2, 0.25) is 10.0 Å². The maximum absolute atomic E-state index is 11.4. The Labute approximate surface area is 110 Å². The van der Waals surface area contributed by atoms with Gasteiger partial charge in [-0.2, -0.15) is 11.8 Å². The number of thioether (sulfide) groups is 1. The van der Waals surface area contributed by atoms with Crippen LogP contribution >= 0.6 is 11.8 Å². The number of hydrogen-bond donors (Lipinski definition) is 1. The molecule has 0 aromatic heterocycles. The van der Waals surface area contributed by atoms with Crippen LogP contribution in [0.2, 0.25) is 0 Å². The predicted molar refractivity (Wildman–Crippen MR) is 75.0 cm³/mol. The summed E-state index contributed by atoms with van der Waals surface area (Å²) in [5.74, 6) is 2.28. The average molecular weight is 280 g/mol. The minimum absolute atomic E-state index is 0.473. The van der Waals surface area contributed by atoms with Crippen molar-refractivity contribution in [3.8, 4) is 0 Å². The third kappa shape index (κ3) is 5.59. The van der Waals surface area contributed by atoms with Crippen LogP contribution in [0.3, 0.4) is 0 Å². The molecule has 0 amide bonds. The first-order chi connectivity index (χ1) is 7.93. The van der Waals surface area contributed by atoms with E-state index >= 15 is 0 Å². The normalized spacial score (nSPS) is 21.6. The van der Waals surface area contributed by atoms with Gasteiger partial charge in [-0.1, -0.05) is 6.92 Å². The highest BCUT2D eigenvalue weighted by Gasteiger charge is 2.25. The fourth-order valence-corrected chi connectivity index (χ4v) is 3.66. The Balaban J connectivity index is 2.28. The van der Waals surface area contributed by atoms with Crippen LogP contribution in [0.5, 0.6) is 0 Å². The van der Waals surface area contributed by atoms with Crippen molar-refractivity contribution in [3.05, 3.63) is 0 Å². The fourth-order valence-electron chi connectivity index (χ4n) is 2.10. The summed E-state index contributed by atoms with van der Waals surface area (Å²) in [6, 6.07) is 0.982. The molecule has 1 rings (SSSR count). The van der Waals surface area contributed by atoms with Gasteiger partial charge in [-0.25, -0.2) is 12.7 Å². The quantitative estimate of drug-likeness (QED) is 0.793. The highest BCUT2D eigenvalue weighted by Crippen LogP contribution is 2.14. The van der Waals surface area contributed by atoms with Crippen LogP contribution in [0.25, 0.3) is 0 Å². The highest BCUT2D eigenvalue weighted by molar-refractivity contribution is 7.99. The lowest BCUT2D eigenvalue weighted by Crippen LogP contribution is -2.47. The summed E-state index contributed by atoms with van der Waals surface area (Å²) in [6.45, 7) is 5.68. The van der Waals surface area contributed by atoms with Gasteiger partial charge in [0, 0.05) is 30.9 Å². The molecule has 0 aromatic carbocycles. The summed E-state index contributed by atoms with van der Waals surface area (Å²) in [5, 5.41) is 3.58. The van der Waals surface area contributed by atoms with Crippen molar-refractivity contribution >= 4 is 21.8 Å². The van der Waals surface area contributed by atoms with Crippen LogP contribution in [-0.4, -0.2) is 55.7 Å². The van der Waals surface area contributed by atoms with E-state index in [0.29, 0.717) is 25.2 Å².